The van der Waals surface area contributed by atoms with Crippen molar-refractivity contribution in [3.8, 4) is 5.75 Å². The van der Waals surface area contributed by atoms with Crippen molar-refractivity contribution in [1.82, 2.24) is 25.3 Å². The van der Waals surface area contributed by atoms with Crippen LogP contribution in [0.4, 0.5) is 23.0 Å². The number of carbonyl (C=O) groups is 2. The van der Waals surface area contributed by atoms with Gasteiger partial charge < -0.3 is 35.3 Å². The molecule has 6 aromatic rings. The van der Waals surface area contributed by atoms with Crippen LogP contribution in [0.15, 0.2) is 155 Å². The number of amides is 1. The van der Waals surface area contributed by atoms with Crippen molar-refractivity contribution >= 4 is 72.0 Å². The lowest BCUT2D eigenvalue weighted by molar-refractivity contribution is -0.438. The number of carbonyl (C=O) groups excluding carboxylic acids is 2. The number of nitrogen functional groups attached to an aromatic ring is 1. The zero-order chi connectivity index (χ0) is 60.0. The maximum atomic E-state index is 13.6. The predicted molar refractivity (Wildman–Crippen MR) is 322 cm³/mol. The van der Waals surface area contributed by atoms with Crippen molar-refractivity contribution in [2.24, 2.45) is 0 Å². The van der Waals surface area contributed by atoms with Crippen LogP contribution in [-0.2, 0) is 53.6 Å². The van der Waals surface area contributed by atoms with Crippen LogP contribution in [0.3, 0.4) is 0 Å². The number of esters is 1. The Morgan fingerprint density at radius 3 is 2.31 bits per heavy atom. The van der Waals surface area contributed by atoms with Crippen molar-refractivity contribution in [2.75, 3.05) is 47.7 Å². The summed E-state index contributed by atoms with van der Waals surface area (Å²) < 4.78 is 81.7. The number of nitrogens with two attached hydrogens (primary N) is 1. The molecule has 0 spiro atoms. The minimum atomic E-state index is -4.36. The van der Waals surface area contributed by atoms with E-state index in [0.717, 1.165) is 57.0 Å². The highest BCUT2D eigenvalue weighted by Gasteiger charge is 2.44. The van der Waals surface area contributed by atoms with E-state index in [2.05, 4.69) is 116 Å². The molecular formula is C62H69N9O11S2. The zero-order valence-electron chi connectivity index (χ0n) is 47.6. The maximum absolute atomic E-state index is 13.6. The highest BCUT2D eigenvalue weighted by atomic mass is 32.2. The third-order valence-corrected chi connectivity index (χ3v) is 17.1. The van der Waals surface area contributed by atoms with E-state index < -0.39 is 60.3 Å². The van der Waals surface area contributed by atoms with Gasteiger partial charge in [-0.1, -0.05) is 68.5 Å². The molecule has 84 heavy (non-hydrogen) atoms. The number of para-hydroxylation sites is 2. The molecule has 4 aromatic carbocycles. The van der Waals surface area contributed by atoms with Gasteiger partial charge in [0.2, 0.25) is 11.6 Å². The molecule has 3 aliphatic rings. The molecule has 0 saturated carbocycles. The fourth-order valence-electron chi connectivity index (χ4n) is 11.2. The van der Waals surface area contributed by atoms with Crippen molar-refractivity contribution in [2.45, 2.75) is 102 Å². The Kier molecular flexibility index (Phi) is 18.1. The SMILES string of the molecule is COC(=O)[C@H](Cc1ccc(OC2=C(/C=C/C3=[N+](CCCCS(=O)(=O)O)c4ccccc4C3(C)C)CCC/C2=C\C=C2\N(CCCCS(=O)(=O)[O-])c3ccccc3C2(C)C)cc1)NC(=O)c1ccc(NCc2cnc3nc(N)[nH]c(=O)c3n2)cc1. The van der Waals surface area contributed by atoms with E-state index in [1.165, 1.54) is 13.3 Å². The van der Waals surface area contributed by atoms with Crippen molar-refractivity contribution in [3.05, 3.63) is 188 Å². The van der Waals surface area contributed by atoms with Gasteiger partial charge in [0, 0.05) is 70.9 Å². The average Bonchev–Trinajstić information content (AvgIpc) is 1.94. The number of hydrogen-bond acceptors (Lipinski definition) is 16. The average molecular weight is 1180 g/mol. The summed E-state index contributed by atoms with van der Waals surface area (Å²) in [4.78, 5) is 56.4. The van der Waals surface area contributed by atoms with E-state index in [9.17, 15) is 40.3 Å². The molecule has 1 amide bonds. The van der Waals surface area contributed by atoms with Crippen molar-refractivity contribution in [3.63, 3.8) is 0 Å². The number of hydrogen-bond donors (Lipinski definition) is 5. The van der Waals surface area contributed by atoms with Gasteiger partial charge in [0.05, 0.1) is 46.8 Å². The van der Waals surface area contributed by atoms with Crippen molar-refractivity contribution in [1.29, 1.82) is 0 Å². The van der Waals surface area contributed by atoms with Crippen LogP contribution in [0.25, 0.3) is 11.2 Å². The van der Waals surface area contributed by atoms with Gasteiger partial charge in [-0.05, 0) is 129 Å². The Morgan fingerprint density at radius 1 is 0.869 bits per heavy atom. The lowest BCUT2D eigenvalue weighted by atomic mass is 9.81. The molecule has 440 valence electrons. The maximum Gasteiger partial charge on any atom is 0.328 e. The Bertz CT molecular complexity index is 3950. The van der Waals surface area contributed by atoms with Crippen LogP contribution in [-0.4, -0.2) is 106 Å². The smallest absolute Gasteiger partial charge is 0.328 e. The van der Waals surface area contributed by atoms with Gasteiger partial charge in [-0.2, -0.15) is 18.0 Å². The number of nitrogens with zero attached hydrogens (tertiary/aromatic N) is 5. The highest BCUT2D eigenvalue weighted by molar-refractivity contribution is 7.85. The van der Waals surface area contributed by atoms with E-state index in [1.54, 1.807) is 24.3 Å². The number of aromatic amines is 1. The summed E-state index contributed by atoms with van der Waals surface area (Å²) in [6.45, 7) is 9.92. The van der Waals surface area contributed by atoms with E-state index in [4.69, 9.17) is 15.2 Å². The summed E-state index contributed by atoms with van der Waals surface area (Å²) in [6, 6.07) is 29.3. The number of rotatable bonds is 23. The predicted octanol–water partition coefficient (Wildman–Crippen LogP) is 8.47. The lowest BCUT2D eigenvalue weighted by Gasteiger charge is -2.28. The van der Waals surface area contributed by atoms with E-state index in [1.807, 2.05) is 48.5 Å². The van der Waals surface area contributed by atoms with Gasteiger partial charge in [-0.15, -0.1) is 0 Å². The molecule has 0 fully saturated rings. The number of anilines is 3. The van der Waals surface area contributed by atoms with E-state index >= 15 is 0 Å². The number of nitrogens with one attached hydrogen (secondary N) is 3. The fraction of sp³-hybridized carbons (Fsp3) is 0.339. The Balaban J connectivity index is 0.981. The van der Waals surface area contributed by atoms with E-state index in [0.29, 0.717) is 73.6 Å². The summed E-state index contributed by atoms with van der Waals surface area (Å²) in [7, 11) is -7.21. The van der Waals surface area contributed by atoms with Crippen molar-refractivity contribution < 1.29 is 49.6 Å². The second kappa shape index (κ2) is 25.3. The monoisotopic (exact) mass is 1180 g/mol. The largest absolute Gasteiger partial charge is 0.748 e. The third kappa shape index (κ3) is 14.2. The molecule has 4 heterocycles. The summed E-state index contributed by atoms with van der Waals surface area (Å²) in [5.74, 6) is -0.742. The number of unbranched alkanes of at least 4 members (excludes halogenated alkanes) is 2. The molecule has 2 aliphatic heterocycles. The number of fused-ring (bicyclic) bond motifs is 3. The molecule has 1 atom stereocenters. The molecule has 9 rings (SSSR count). The Hall–Kier alpha value is -8.31. The normalized spacial score (nSPS) is 17.0. The second-order valence-corrected chi connectivity index (χ2v) is 25.2. The molecule has 22 heteroatoms. The van der Waals surface area contributed by atoms with Crippen LogP contribution in [0.5, 0.6) is 5.75 Å². The zero-order valence-corrected chi connectivity index (χ0v) is 49.2. The molecule has 20 nitrogen and oxygen atoms in total. The Labute approximate surface area is 488 Å². The van der Waals surface area contributed by atoms with Crippen LogP contribution in [0.1, 0.15) is 105 Å². The third-order valence-electron chi connectivity index (χ3n) is 15.5. The van der Waals surface area contributed by atoms with Gasteiger partial charge in [-0.3, -0.25) is 19.1 Å². The van der Waals surface area contributed by atoms with E-state index in [-0.39, 0.29) is 42.3 Å². The standard InChI is InChI=1S/C62H69N9O11S2/c1-61(2)47-17-6-8-19-50(47)70(33-10-12-35-83(75,76)77)52(61)31-25-41-15-14-16-42(26-32-53-62(3,4)48-18-7-9-20-51(48)71(53)34-11-13-36-84(78,79)80)55(41)82-46-29-21-40(22-30-46)37-49(59(74)81-5)67-57(72)43-23-27-44(28-24-43)64-38-45-39-65-56-54(66-45)58(73)69-60(63)68-56/h6-9,17-32,39,49H,10-16,33-38H2,1-5H3,(H6-,63,64,65,67,68,69,72,73,75,76,77,78,79,80)/t49-/m0/s1. The summed E-state index contributed by atoms with van der Waals surface area (Å²) >= 11 is 0. The first-order chi connectivity index (χ1) is 40.0. The number of allylic oxidation sites excluding steroid dienone is 7. The van der Waals surface area contributed by atoms with Gasteiger partial charge in [0.1, 0.15) is 24.1 Å². The van der Waals surface area contributed by atoms with Crippen LogP contribution in [0.2, 0.25) is 0 Å². The minimum absolute atomic E-state index is 0.0556. The molecule has 2 aromatic heterocycles. The highest BCUT2D eigenvalue weighted by Crippen LogP contribution is 2.48. The molecule has 0 bridgehead atoms. The first-order valence-corrected chi connectivity index (χ1v) is 31.0. The minimum Gasteiger partial charge on any atom is -0.748 e. The quantitative estimate of drug-likeness (QED) is 0.0174. The number of aromatic nitrogens is 4. The molecule has 0 saturated heterocycles. The number of H-pyrrole nitrogens is 1. The molecule has 6 N–H and O–H groups in total. The first-order valence-electron chi connectivity index (χ1n) is 27.8. The number of methoxy groups -OCH3 is 1. The Morgan fingerprint density at radius 2 is 1.58 bits per heavy atom. The molecular weight excluding hydrogens is 1110 g/mol. The summed E-state index contributed by atoms with van der Waals surface area (Å²) in [5.41, 5.74) is 14.8. The number of ether oxygens (including phenoxy) is 2. The van der Waals surface area contributed by atoms with Gasteiger partial charge >= 0.3 is 5.97 Å². The van der Waals surface area contributed by atoms with Gasteiger partial charge in [-0.25, -0.2) is 23.2 Å². The van der Waals surface area contributed by atoms with Crippen LogP contribution < -0.4 is 31.6 Å². The summed E-state index contributed by atoms with van der Waals surface area (Å²) in [5, 5.41) is 6.03. The lowest BCUT2D eigenvalue weighted by Crippen LogP contribution is -2.43. The van der Waals surface area contributed by atoms with Crippen LogP contribution in [0, 0.1) is 0 Å². The number of benzene rings is 4. The summed E-state index contributed by atoms with van der Waals surface area (Å²) in [6.07, 6.45) is 13.8. The topological polar surface area (TPSA) is 292 Å². The molecule has 0 unspecified atom stereocenters. The molecule has 1 aliphatic carbocycles. The van der Waals surface area contributed by atoms with Crippen LogP contribution >= 0.6 is 0 Å². The molecule has 0 radical (unpaired) electrons. The van der Waals surface area contributed by atoms with Gasteiger partial charge in [0.25, 0.3) is 21.6 Å². The second-order valence-electron chi connectivity index (χ2n) is 22.1. The fourth-order valence-corrected chi connectivity index (χ4v) is 12.3. The first kappa shape index (κ1) is 60.3. The van der Waals surface area contributed by atoms with Gasteiger partial charge in [0.15, 0.2) is 16.9 Å².